The zero-order valence-corrected chi connectivity index (χ0v) is 18.6. The normalized spacial score (nSPS) is 17.9. The Labute approximate surface area is 179 Å². The molecule has 2 N–H and O–H groups in total. The third kappa shape index (κ3) is 6.09. The number of aliphatic imine (C=N–C) groups is 1. The molecule has 1 aromatic carbocycles. The van der Waals surface area contributed by atoms with E-state index >= 15 is 0 Å². The molecule has 5 nitrogen and oxygen atoms in total. The molecule has 1 aromatic heterocycles. The molecule has 0 radical (unpaired) electrons. The fourth-order valence-electron chi connectivity index (χ4n) is 3.26. The van der Waals surface area contributed by atoms with Crippen molar-refractivity contribution in [3.63, 3.8) is 0 Å². The Morgan fingerprint density at radius 1 is 1.26 bits per heavy atom. The van der Waals surface area contributed by atoms with E-state index in [9.17, 15) is 0 Å². The SMILES string of the molecule is CCNC(=NCCc1cccnc1)NC1CC(C)(C)Oc2ccccc21.I. The Bertz CT molecular complexity index is 749. The summed E-state index contributed by atoms with van der Waals surface area (Å²) in [6.07, 6.45) is 5.45. The molecule has 1 atom stereocenters. The average molecular weight is 480 g/mol. The number of nitrogens with one attached hydrogen (secondary N) is 2. The van der Waals surface area contributed by atoms with Crippen LogP contribution in [0.25, 0.3) is 0 Å². The molecule has 27 heavy (non-hydrogen) atoms. The number of hydrogen-bond donors (Lipinski definition) is 2. The molecule has 0 fully saturated rings. The molecule has 0 aliphatic carbocycles. The van der Waals surface area contributed by atoms with E-state index in [-0.39, 0.29) is 35.6 Å². The number of hydrogen-bond acceptors (Lipinski definition) is 3. The number of aromatic nitrogens is 1. The van der Waals surface area contributed by atoms with Crippen molar-refractivity contribution >= 4 is 29.9 Å². The van der Waals surface area contributed by atoms with Crippen LogP contribution in [-0.4, -0.2) is 29.6 Å². The van der Waals surface area contributed by atoms with Gasteiger partial charge >= 0.3 is 0 Å². The smallest absolute Gasteiger partial charge is 0.191 e. The van der Waals surface area contributed by atoms with Crippen molar-refractivity contribution in [1.82, 2.24) is 15.6 Å². The summed E-state index contributed by atoms with van der Waals surface area (Å²) >= 11 is 0. The van der Waals surface area contributed by atoms with Gasteiger partial charge in [-0.15, -0.1) is 24.0 Å². The van der Waals surface area contributed by atoms with Crippen LogP contribution in [0.3, 0.4) is 0 Å². The lowest BCUT2D eigenvalue weighted by Crippen LogP contribution is -2.45. The van der Waals surface area contributed by atoms with Gasteiger partial charge < -0.3 is 15.4 Å². The van der Waals surface area contributed by atoms with Crippen LogP contribution >= 0.6 is 24.0 Å². The molecule has 1 aliphatic rings. The Morgan fingerprint density at radius 3 is 2.81 bits per heavy atom. The van der Waals surface area contributed by atoms with E-state index < -0.39 is 0 Å². The lowest BCUT2D eigenvalue weighted by Gasteiger charge is -2.38. The van der Waals surface area contributed by atoms with Gasteiger partial charge in [0, 0.05) is 37.5 Å². The zero-order valence-electron chi connectivity index (χ0n) is 16.2. The van der Waals surface area contributed by atoms with E-state index in [4.69, 9.17) is 9.73 Å². The Hall–Kier alpha value is -1.83. The first-order chi connectivity index (χ1) is 12.6. The maximum absolute atomic E-state index is 6.12. The van der Waals surface area contributed by atoms with Crippen molar-refractivity contribution in [3.8, 4) is 5.75 Å². The quantitative estimate of drug-likeness (QED) is 0.385. The fourth-order valence-corrected chi connectivity index (χ4v) is 3.26. The Morgan fingerprint density at radius 2 is 2.07 bits per heavy atom. The van der Waals surface area contributed by atoms with Crippen LogP contribution in [-0.2, 0) is 6.42 Å². The van der Waals surface area contributed by atoms with Gasteiger partial charge in [-0.05, 0) is 44.9 Å². The summed E-state index contributed by atoms with van der Waals surface area (Å²) < 4.78 is 6.12. The molecular weight excluding hydrogens is 451 g/mol. The first-order valence-corrected chi connectivity index (χ1v) is 9.29. The second-order valence-corrected chi connectivity index (χ2v) is 7.17. The van der Waals surface area contributed by atoms with Crippen LogP contribution in [0.2, 0.25) is 0 Å². The number of para-hydroxylation sites is 1. The van der Waals surface area contributed by atoms with Gasteiger partial charge in [0.05, 0.1) is 6.04 Å². The molecule has 0 bridgehead atoms. The molecule has 6 heteroatoms. The van der Waals surface area contributed by atoms with E-state index in [1.54, 1.807) is 6.20 Å². The van der Waals surface area contributed by atoms with Gasteiger partial charge in [-0.3, -0.25) is 9.98 Å². The van der Waals surface area contributed by atoms with Gasteiger partial charge in [0.1, 0.15) is 11.4 Å². The summed E-state index contributed by atoms with van der Waals surface area (Å²) in [5, 5.41) is 6.96. The zero-order chi connectivity index (χ0) is 18.4. The molecule has 1 unspecified atom stereocenters. The third-order valence-electron chi connectivity index (χ3n) is 4.42. The molecule has 146 valence electrons. The van der Waals surface area contributed by atoms with Gasteiger partial charge in [0.2, 0.25) is 0 Å². The highest BCUT2D eigenvalue weighted by Gasteiger charge is 2.33. The topological polar surface area (TPSA) is 58.5 Å². The summed E-state index contributed by atoms with van der Waals surface area (Å²) in [6, 6.07) is 12.5. The van der Waals surface area contributed by atoms with Crippen LogP contribution in [0.4, 0.5) is 0 Å². The molecule has 2 aromatic rings. The Kier molecular flexibility index (Phi) is 7.89. The van der Waals surface area contributed by atoms with Crippen molar-refractivity contribution in [2.24, 2.45) is 4.99 Å². The van der Waals surface area contributed by atoms with E-state index in [0.717, 1.165) is 37.6 Å². The maximum atomic E-state index is 6.12. The van der Waals surface area contributed by atoms with Gasteiger partial charge in [0.25, 0.3) is 0 Å². The van der Waals surface area contributed by atoms with E-state index in [2.05, 4.69) is 54.6 Å². The minimum Gasteiger partial charge on any atom is -0.487 e. The molecule has 0 saturated carbocycles. The lowest BCUT2D eigenvalue weighted by molar-refractivity contribution is 0.0694. The number of pyridine rings is 1. The van der Waals surface area contributed by atoms with E-state index in [0.29, 0.717) is 0 Å². The van der Waals surface area contributed by atoms with Crippen molar-refractivity contribution < 1.29 is 4.74 Å². The molecule has 3 rings (SSSR count). The Balaban J connectivity index is 0.00000261. The summed E-state index contributed by atoms with van der Waals surface area (Å²) in [5.74, 6) is 1.79. The number of ether oxygens (including phenoxy) is 1. The molecule has 2 heterocycles. The van der Waals surface area contributed by atoms with Crippen molar-refractivity contribution in [2.75, 3.05) is 13.1 Å². The predicted molar refractivity (Wildman–Crippen MR) is 121 cm³/mol. The van der Waals surface area contributed by atoms with Gasteiger partial charge in [-0.2, -0.15) is 0 Å². The minimum atomic E-state index is -0.209. The van der Waals surface area contributed by atoms with Gasteiger partial charge in [-0.25, -0.2) is 0 Å². The maximum Gasteiger partial charge on any atom is 0.191 e. The average Bonchev–Trinajstić information content (AvgIpc) is 2.62. The first-order valence-electron chi connectivity index (χ1n) is 9.29. The van der Waals surface area contributed by atoms with Crippen molar-refractivity contribution in [1.29, 1.82) is 0 Å². The molecule has 1 aliphatic heterocycles. The largest absolute Gasteiger partial charge is 0.487 e. The van der Waals surface area contributed by atoms with Gasteiger partial charge in [-0.1, -0.05) is 24.3 Å². The minimum absolute atomic E-state index is 0. The number of fused-ring (bicyclic) bond motifs is 1. The second kappa shape index (κ2) is 9.92. The molecular formula is C21H29IN4O. The number of nitrogens with zero attached hydrogens (tertiary/aromatic N) is 2. The summed E-state index contributed by atoms with van der Waals surface area (Å²) in [7, 11) is 0. The van der Waals surface area contributed by atoms with Crippen LogP contribution in [0, 0.1) is 0 Å². The lowest BCUT2D eigenvalue weighted by atomic mass is 9.90. The number of halogens is 1. The summed E-state index contributed by atoms with van der Waals surface area (Å²) in [6.45, 7) is 7.89. The highest BCUT2D eigenvalue weighted by molar-refractivity contribution is 14.0. The van der Waals surface area contributed by atoms with Crippen molar-refractivity contribution in [3.05, 3.63) is 59.9 Å². The second-order valence-electron chi connectivity index (χ2n) is 7.17. The van der Waals surface area contributed by atoms with Crippen LogP contribution in [0.5, 0.6) is 5.75 Å². The standard InChI is InChI=1S/C21H28N4O.HI/c1-4-23-20(24-13-11-16-8-7-12-22-15-16)25-18-14-21(2,3)26-19-10-6-5-9-17(18)19;/h5-10,12,15,18H,4,11,13-14H2,1-3H3,(H2,23,24,25);1H. The van der Waals surface area contributed by atoms with Gasteiger partial charge in [0.15, 0.2) is 5.96 Å². The fraction of sp³-hybridized carbons (Fsp3) is 0.429. The third-order valence-corrected chi connectivity index (χ3v) is 4.42. The number of guanidine groups is 1. The summed E-state index contributed by atoms with van der Waals surface area (Å²) in [4.78, 5) is 8.91. The number of benzene rings is 1. The van der Waals surface area contributed by atoms with Crippen molar-refractivity contribution in [2.45, 2.75) is 45.3 Å². The first kappa shape index (κ1) is 21.5. The molecule has 0 amide bonds. The highest BCUT2D eigenvalue weighted by atomic mass is 127. The summed E-state index contributed by atoms with van der Waals surface area (Å²) in [5.41, 5.74) is 2.17. The predicted octanol–water partition coefficient (Wildman–Crippen LogP) is 4.10. The number of rotatable bonds is 5. The monoisotopic (exact) mass is 480 g/mol. The van der Waals surface area contributed by atoms with Crippen LogP contribution in [0.15, 0.2) is 53.8 Å². The highest BCUT2D eigenvalue weighted by Crippen LogP contribution is 2.39. The molecule has 0 saturated heterocycles. The van der Waals surface area contributed by atoms with Crippen LogP contribution in [0.1, 0.15) is 44.4 Å². The van der Waals surface area contributed by atoms with E-state index in [1.165, 1.54) is 11.1 Å². The van der Waals surface area contributed by atoms with Crippen LogP contribution < -0.4 is 15.4 Å². The van der Waals surface area contributed by atoms with E-state index in [1.807, 2.05) is 24.4 Å². The molecule has 0 spiro atoms.